The molecule has 1 atom stereocenters. The zero-order valence-corrected chi connectivity index (χ0v) is 18.3. The molecule has 166 valence electrons. The van der Waals surface area contributed by atoms with Crippen molar-refractivity contribution in [1.29, 1.82) is 5.26 Å². The highest BCUT2D eigenvalue weighted by molar-refractivity contribution is 7.92. The maximum atomic E-state index is 15.1. The predicted octanol–water partition coefficient (Wildman–Crippen LogP) is 5.10. The standard InChI is InChI=1S/C24H18F2N4O2S/c1-2-8-33(32)30-20-7-6-19(25)21(22(20)26)23(31)18-13-29-24-17(18)10-16(12-28-24)15-5-3-4-14(9-15)11-27/h3-7,9-10,12-13,30H,2,8H2,1H3,(H,28,29). The molecule has 0 aliphatic carbocycles. The van der Waals surface area contributed by atoms with Crippen molar-refractivity contribution in [3.05, 3.63) is 83.2 Å². The van der Waals surface area contributed by atoms with Crippen LogP contribution in [0.15, 0.2) is 54.9 Å². The van der Waals surface area contributed by atoms with Crippen molar-refractivity contribution in [2.24, 2.45) is 0 Å². The van der Waals surface area contributed by atoms with E-state index in [1.54, 1.807) is 36.5 Å². The van der Waals surface area contributed by atoms with Gasteiger partial charge in [0.05, 0.1) is 28.6 Å². The molecule has 6 nitrogen and oxygen atoms in total. The van der Waals surface area contributed by atoms with Crippen molar-refractivity contribution in [2.75, 3.05) is 10.5 Å². The number of fused-ring (bicyclic) bond motifs is 1. The number of aromatic amines is 1. The summed E-state index contributed by atoms with van der Waals surface area (Å²) in [6.45, 7) is 1.82. The molecule has 0 aliphatic rings. The van der Waals surface area contributed by atoms with Crippen molar-refractivity contribution in [3.63, 3.8) is 0 Å². The molecule has 0 saturated heterocycles. The summed E-state index contributed by atoms with van der Waals surface area (Å²) in [7, 11) is 0. The fourth-order valence-electron chi connectivity index (χ4n) is 3.45. The summed E-state index contributed by atoms with van der Waals surface area (Å²) < 4.78 is 44.1. The molecule has 2 N–H and O–H groups in total. The monoisotopic (exact) mass is 464 g/mol. The number of nitrogens with zero attached hydrogens (tertiary/aromatic N) is 2. The smallest absolute Gasteiger partial charge is 0.201 e. The van der Waals surface area contributed by atoms with E-state index in [1.165, 1.54) is 6.20 Å². The van der Waals surface area contributed by atoms with Crippen LogP contribution >= 0.6 is 0 Å². The summed E-state index contributed by atoms with van der Waals surface area (Å²) in [5.74, 6) is -2.72. The van der Waals surface area contributed by atoms with E-state index >= 15 is 4.39 Å². The highest BCUT2D eigenvalue weighted by Crippen LogP contribution is 2.30. The number of pyridine rings is 1. The normalized spacial score (nSPS) is 11.8. The Kier molecular flexibility index (Phi) is 6.40. The van der Waals surface area contributed by atoms with Crippen LogP contribution in [0.5, 0.6) is 0 Å². The second-order valence-corrected chi connectivity index (χ2v) is 8.58. The first-order chi connectivity index (χ1) is 15.9. The van der Waals surface area contributed by atoms with Crippen LogP contribution < -0.4 is 4.72 Å². The second-order valence-electron chi connectivity index (χ2n) is 7.28. The molecule has 9 heteroatoms. The number of nitrogens with one attached hydrogen (secondary N) is 2. The fraction of sp³-hybridized carbons (Fsp3) is 0.125. The first-order valence-corrected chi connectivity index (χ1v) is 11.4. The van der Waals surface area contributed by atoms with E-state index in [1.807, 2.05) is 6.92 Å². The third-order valence-electron chi connectivity index (χ3n) is 5.03. The van der Waals surface area contributed by atoms with Crippen LogP contribution in [0.4, 0.5) is 14.5 Å². The maximum Gasteiger partial charge on any atom is 0.201 e. The Balaban J connectivity index is 1.77. The molecule has 4 aromatic rings. The Labute approximate surface area is 191 Å². The molecule has 0 bridgehead atoms. The van der Waals surface area contributed by atoms with Gasteiger partial charge in [-0.2, -0.15) is 5.26 Å². The summed E-state index contributed by atoms with van der Waals surface area (Å²) in [4.78, 5) is 20.4. The molecule has 0 fully saturated rings. The van der Waals surface area contributed by atoms with E-state index in [4.69, 9.17) is 5.26 Å². The zero-order valence-electron chi connectivity index (χ0n) is 17.5. The van der Waals surface area contributed by atoms with Crippen LogP contribution in [-0.2, 0) is 11.4 Å². The number of ketones is 1. The minimum atomic E-state index is -1.56. The third-order valence-corrected chi connectivity index (χ3v) is 6.26. The third kappa shape index (κ3) is 4.44. The number of anilines is 1. The van der Waals surface area contributed by atoms with Crippen molar-refractivity contribution >= 4 is 33.9 Å². The summed E-state index contributed by atoms with van der Waals surface area (Å²) in [6, 6.07) is 12.7. The molecule has 0 radical (unpaired) electrons. The molecule has 2 heterocycles. The molecular weight excluding hydrogens is 446 g/mol. The molecule has 33 heavy (non-hydrogen) atoms. The zero-order chi connectivity index (χ0) is 23.5. The Morgan fingerprint density at radius 1 is 1.24 bits per heavy atom. The first kappa shape index (κ1) is 22.5. The Hall–Kier alpha value is -3.74. The Morgan fingerprint density at radius 2 is 2.06 bits per heavy atom. The number of H-pyrrole nitrogens is 1. The summed E-state index contributed by atoms with van der Waals surface area (Å²) >= 11 is -1.56. The molecule has 0 aliphatic heterocycles. The molecular formula is C24H18F2N4O2S. The number of carbonyl (C=O) groups is 1. The number of hydrogen-bond acceptors (Lipinski definition) is 5. The van der Waals surface area contributed by atoms with Gasteiger partial charge in [0, 0.05) is 28.9 Å². The molecule has 2 aromatic carbocycles. The number of nitriles is 1. The SMILES string of the molecule is CCC[S+]([O-])Nc1ccc(F)c(C(=O)c2c[nH]c3ncc(-c4cccc(C#N)c4)cc23)c1F. The van der Waals surface area contributed by atoms with Crippen LogP contribution in [-0.4, -0.2) is 26.1 Å². The van der Waals surface area contributed by atoms with Gasteiger partial charge in [-0.15, -0.1) is 0 Å². The highest BCUT2D eigenvalue weighted by Gasteiger charge is 2.26. The van der Waals surface area contributed by atoms with Gasteiger partial charge in [0.15, 0.2) is 5.82 Å². The average Bonchev–Trinajstić information content (AvgIpc) is 3.24. The summed E-state index contributed by atoms with van der Waals surface area (Å²) in [5.41, 5.74) is 1.28. The van der Waals surface area contributed by atoms with E-state index in [-0.39, 0.29) is 17.0 Å². The van der Waals surface area contributed by atoms with Gasteiger partial charge in [0.2, 0.25) is 5.78 Å². The van der Waals surface area contributed by atoms with Crippen molar-refractivity contribution in [1.82, 2.24) is 9.97 Å². The van der Waals surface area contributed by atoms with Crippen LogP contribution in [0.2, 0.25) is 0 Å². The van der Waals surface area contributed by atoms with E-state index in [2.05, 4.69) is 20.8 Å². The summed E-state index contributed by atoms with van der Waals surface area (Å²) in [6.07, 6.45) is 3.54. The first-order valence-electron chi connectivity index (χ1n) is 10.1. The molecule has 0 spiro atoms. The lowest BCUT2D eigenvalue weighted by Crippen LogP contribution is -2.18. The van der Waals surface area contributed by atoms with Crippen LogP contribution in [0, 0.1) is 23.0 Å². The van der Waals surface area contributed by atoms with Crippen molar-refractivity contribution in [3.8, 4) is 17.2 Å². The maximum absolute atomic E-state index is 15.1. The van der Waals surface area contributed by atoms with Gasteiger partial charge >= 0.3 is 0 Å². The van der Waals surface area contributed by atoms with Gasteiger partial charge in [0.1, 0.15) is 22.9 Å². The number of halogens is 2. The number of benzene rings is 2. The molecule has 4 rings (SSSR count). The lowest BCUT2D eigenvalue weighted by atomic mass is 9.99. The average molecular weight is 464 g/mol. The van der Waals surface area contributed by atoms with Gasteiger partial charge in [-0.3, -0.25) is 4.79 Å². The Bertz CT molecular complexity index is 1400. The van der Waals surface area contributed by atoms with Crippen LogP contribution in [0.3, 0.4) is 0 Å². The van der Waals surface area contributed by atoms with E-state index in [0.717, 1.165) is 12.1 Å². The van der Waals surface area contributed by atoms with Crippen molar-refractivity contribution < 1.29 is 18.1 Å². The summed E-state index contributed by atoms with van der Waals surface area (Å²) in [5, 5.41) is 9.52. The molecule has 2 aromatic heterocycles. The van der Waals surface area contributed by atoms with Gasteiger partial charge in [-0.25, -0.2) is 18.5 Å². The highest BCUT2D eigenvalue weighted by atomic mass is 32.2. The topological polar surface area (TPSA) is 105 Å². The number of rotatable bonds is 7. The minimum absolute atomic E-state index is 0.0421. The Morgan fingerprint density at radius 3 is 2.82 bits per heavy atom. The molecule has 0 amide bonds. The lowest BCUT2D eigenvalue weighted by molar-refractivity contribution is 0.103. The quantitative estimate of drug-likeness (QED) is 0.293. The predicted molar refractivity (Wildman–Crippen MR) is 123 cm³/mol. The number of aromatic nitrogens is 2. The molecule has 1 unspecified atom stereocenters. The number of carbonyl (C=O) groups excluding carboxylic acids is 1. The van der Waals surface area contributed by atoms with Gasteiger partial charge in [0.25, 0.3) is 0 Å². The van der Waals surface area contributed by atoms with Gasteiger partial charge < -0.3 is 9.54 Å². The second kappa shape index (κ2) is 9.40. The van der Waals surface area contributed by atoms with E-state index in [0.29, 0.717) is 34.1 Å². The van der Waals surface area contributed by atoms with Gasteiger partial charge in [-0.1, -0.05) is 19.1 Å². The van der Waals surface area contributed by atoms with Crippen LogP contribution in [0.25, 0.3) is 22.2 Å². The minimum Gasteiger partial charge on any atom is -0.593 e. The fourth-order valence-corrected chi connectivity index (χ4v) is 4.33. The number of hydrogen-bond donors (Lipinski definition) is 2. The molecule has 0 saturated carbocycles. The van der Waals surface area contributed by atoms with E-state index < -0.39 is 34.3 Å². The largest absolute Gasteiger partial charge is 0.593 e. The lowest BCUT2D eigenvalue weighted by Gasteiger charge is -2.13. The van der Waals surface area contributed by atoms with Crippen LogP contribution in [0.1, 0.15) is 34.8 Å². The van der Waals surface area contributed by atoms with Crippen molar-refractivity contribution in [2.45, 2.75) is 13.3 Å². The van der Waals surface area contributed by atoms with Gasteiger partial charge in [-0.05, 0) is 42.3 Å². The van der Waals surface area contributed by atoms with E-state index in [9.17, 15) is 13.7 Å².